The van der Waals surface area contributed by atoms with Crippen molar-refractivity contribution < 1.29 is 9.90 Å². The highest BCUT2D eigenvalue weighted by molar-refractivity contribution is 6.29. The minimum absolute atomic E-state index is 0.0631. The Morgan fingerprint density at radius 3 is 2.44 bits per heavy atom. The highest BCUT2D eigenvalue weighted by Gasteiger charge is 2.08. The SMILES string of the molecule is CN(C)c1ccc2ccc(O)c(/N=N\c3ccc(NC(=O)CCl)cc3)c2c1. The van der Waals surface area contributed by atoms with Gasteiger partial charge in [-0.1, -0.05) is 12.1 Å². The molecule has 0 atom stereocenters. The van der Waals surface area contributed by atoms with E-state index in [2.05, 4.69) is 15.5 Å². The third-order valence-electron chi connectivity index (χ3n) is 4.01. The molecule has 0 radical (unpaired) electrons. The van der Waals surface area contributed by atoms with E-state index in [1.807, 2.05) is 43.3 Å². The quantitative estimate of drug-likeness (QED) is 0.470. The molecular weight excluding hydrogens is 364 g/mol. The number of hydrogen-bond donors (Lipinski definition) is 2. The largest absolute Gasteiger partial charge is 0.506 e. The van der Waals surface area contributed by atoms with Gasteiger partial charge in [-0.3, -0.25) is 4.79 Å². The first-order chi connectivity index (χ1) is 13.0. The van der Waals surface area contributed by atoms with Crippen molar-refractivity contribution >= 4 is 51.0 Å². The van der Waals surface area contributed by atoms with Crippen LogP contribution >= 0.6 is 11.6 Å². The van der Waals surface area contributed by atoms with Crippen LogP contribution in [0.25, 0.3) is 10.8 Å². The van der Waals surface area contributed by atoms with Gasteiger partial charge in [0.2, 0.25) is 5.91 Å². The lowest BCUT2D eigenvalue weighted by atomic mass is 10.1. The number of carbonyl (C=O) groups is 1. The number of rotatable bonds is 5. The zero-order chi connectivity index (χ0) is 19.4. The first-order valence-corrected chi connectivity index (χ1v) is 8.82. The minimum Gasteiger partial charge on any atom is -0.506 e. The Morgan fingerprint density at radius 1 is 1.07 bits per heavy atom. The number of aromatic hydroxyl groups is 1. The molecule has 6 nitrogen and oxygen atoms in total. The molecule has 27 heavy (non-hydrogen) atoms. The predicted molar refractivity (Wildman–Crippen MR) is 110 cm³/mol. The molecular formula is C20H19ClN4O2. The Bertz CT molecular complexity index is 1000. The zero-order valence-electron chi connectivity index (χ0n) is 15.0. The first-order valence-electron chi connectivity index (χ1n) is 8.28. The van der Waals surface area contributed by atoms with Crippen molar-refractivity contribution in [1.82, 2.24) is 0 Å². The van der Waals surface area contributed by atoms with Crippen molar-refractivity contribution in [2.45, 2.75) is 0 Å². The van der Waals surface area contributed by atoms with Crippen LogP contribution in [0.4, 0.5) is 22.7 Å². The lowest BCUT2D eigenvalue weighted by molar-refractivity contribution is -0.113. The molecule has 0 saturated carbocycles. The smallest absolute Gasteiger partial charge is 0.239 e. The molecule has 0 aliphatic carbocycles. The van der Waals surface area contributed by atoms with Gasteiger partial charge in [0.1, 0.15) is 17.3 Å². The number of phenolic OH excluding ortho intramolecular Hbond substituents is 1. The van der Waals surface area contributed by atoms with Crippen molar-refractivity contribution in [2.24, 2.45) is 10.2 Å². The first kappa shape index (κ1) is 18.7. The molecule has 1 amide bonds. The van der Waals surface area contributed by atoms with Crippen LogP contribution in [-0.4, -0.2) is 31.0 Å². The molecule has 7 heteroatoms. The number of benzene rings is 3. The van der Waals surface area contributed by atoms with Gasteiger partial charge in [0.05, 0.1) is 5.69 Å². The average molecular weight is 383 g/mol. The van der Waals surface area contributed by atoms with Gasteiger partial charge in [-0.15, -0.1) is 16.7 Å². The Kier molecular flexibility index (Phi) is 5.57. The highest BCUT2D eigenvalue weighted by atomic mass is 35.5. The van der Waals surface area contributed by atoms with E-state index in [1.54, 1.807) is 30.3 Å². The predicted octanol–water partition coefficient (Wildman–Crippen LogP) is 5.20. The lowest BCUT2D eigenvalue weighted by Gasteiger charge is -2.14. The molecule has 0 heterocycles. The highest BCUT2D eigenvalue weighted by Crippen LogP contribution is 2.37. The maximum atomic E-state index is 11.3. The Balaban J connectivity index is 1.92. The number of phenols is 1. The van der Waals surface area contributed by atoms with Crippen molar-refractivity contribution in [3.8, 4) is 5.75 Å². The summed E-state index contributed by atoms with van der Waals surface area (Å²) in [4.78, 5) is 13.3. The third kappa shape index (κ3) is 4.35. The van der Waals surface area contributed by atoms with Gasteiger partial charge in [-0.25, -0.2) is 0 Å². The van der Waals surface area contributed by atoms with E-state index < -0.39 is 0 Å². The molecule has 0 spiro atoms. The fraction of sp³-hybridized carbons (Fsp3) is 0.150. The van der Waals surface area contributed by atoms with Crippen LogP contribution in [0.1, 0.15) is 0 Å². The maximum Gasteiger partial charge on any atom is 0.239 e. The van der Waals surface area contributed by atoms with Crippen LogP contribution in [-0.2, 0) is 4.79 Å². The summed E-state index contributed by atoms with van der Waals surface area (Å²) in [6.07, 6.45) is 0. The van der Waals surface area contributed by atoms with E-state index in [9.17, 15) is 9.90 Å². The van der Waals surface area contributed by atoms with Gasteiger partial charge in [-0.2, -0.15) is 5.11 Å². The monoisotopic (exact) mass is 382 g/mol. The minimum atomic E-state index is -0.275. The molecule has 3 rings (SSSR count). The summed E-state index contributed by atoms with van der Waals surface area (Å²) in [6, 6.07) is 16.3. The van der Waals surface area contributed by atoms with Gasteiger partial charge in [0.25, 0.3) is 0 Å². The molecule has 0 fully saturated rings. The number of anilines is 2. The summed E-state index contributed by atoms with van der Waals surface area (Å²) in [6.45, 7) is 0. The number of nitrogens with one attached hydrogen (secondary N) is 1. The second kappa shape index (κ2) is 8.05. The summed E-state index contributed by atoms with van der Waals surface area (Å²) in [7, 11) is 3.91. The number of fused-ring (bicyclic) bond motifs is 1. The van der Waals surface area contributed by atoms with E-state index >= 15 is 0 Å². The normalized spacial score (nSPS) is 11.1. The molecule has 2 N–H and O–H groups in total. The van der Waals surface area contributed by atoms with Crippen LogP contribution in [0.5, 0.6) is 5.75 Å². The molecule has 138 valence electrons. The van der Waals surface area contributed by atoms with E-state index in [0.29, 0.717) is 17.1 Å². The standard InChI is InChI=1S/C20H19ClN4O2/c1-25(2)16-9-3-13-4-10-18(26)20(17(13)11-16)24-23-15-7-5-14(6-8-15)22-19(27)12-21/h3-11,26H,12H2,1-2H3,(H,22,27)/b24-23-. The number of amides is 1. The molecule has 3 aromatic rings. The maximum absolute atomic E-state index is 11.3. The summed E-state index contributed by atoms with van der Waals surface area (Å²) in [5.74, 6) is -0.312. The topological polar surface area (TPSA) is 77.3 Å². The summed E-state index contributed by atoms with van der Waals surface area (Å²) in [5, 5.41) is 23.2. The summed E-state index contributed by atoms with van der Waals surface area (Å²) < 4.78 is 0. The second-order valence-corrected chi connectivity index (χ2v) is 6.43. The van der Waals surface area contributed by atoms with Crippen molar-refractivity contribution in [3.05, 3.63) is 54.6 Å². The number of alkyl halides is 1. The molecule has 0 aromatic heterocycles. The fourth-order valence-electron chi connectivity index (χ4n) is 2.58. The number of hydrogen-bond acceptors (Lipinski definition) is 5. The number of azo groups is 1. The van der Waals surface area contributed by atoms with Crippen LogP contribution in [0, 0.1) is 0 Å². The number of nitrogens with zero attached hydrogens (tertiary/aromatic N) is 3. The Hall–Kier alpha value is -3.12. The second-order valence-electron chi connectivity index (χ2n) is 6.16. The number of halogens is 1. The Labute approximate surface area is 162 Å². The molecule has 0 aliphatic rings. The molecule has 0 unspecified atom stereocenters. The molecule has 0 bridgehead atoms. The van der Waals surface area contributed by atoms with Gasteiger partial charge < -0.3 is 15.3 Å². The number of carbonyl (C=O) groups excluding carboxylic acids is 1. The van der Waals surface area contributed by atoms with Crippen LogP contribution in [0.3, 0.4) is 0 Å². The van der Waals surface area contributed by atoms with Gasteiger partial charge in [0.15, 0.2) is 0 Å². The zero-order valence-corrected chi connectivity index (χ0v) is 15.7. The van der Waals surface area contributed by atoms with Crippen LogP contribution in [0.15, 0.2) is 64.8 Å². The van der Waals surface area contributed by atoms with E-state index in [4.69, 9.17) is 11.6 Å². The molecule has 0 saturated heterocycles. The van der Waals surface area contributed by atoms with Crippen LogP contribution < -0.4 is 10.2 Å². The lowest BCUT2D eigenvalue weighted by Crippen LogP contribution is -2.12. The van der Waals surface area contributed by atoms with E-state index in [0.717, 1.165) is 16.5 Å². The summed E-state index contributed by atoms with van der Waals surface area (Å²) in [5.41, 5.74) is 2.64. The Morgan fingerprint density at radius 2 is 1.78 bits per heavy atom. The van der Waals surface area contributed by atoms with Crippen molar-refractivity contribution in [1.29, 1.82) is 0 Å². The van der Waals surface area contributed by atoms with E-state index in [-0.39, 0.29) is 17.5 Å². The molecule has 0 aliphatic heterocycles. The van der Waals surface area contributed by atoms with Gasteiger partial charge in [-0.05, 0) is 47.9 Å². The van der Waals surface area contributed by atoms with Crippen LogP contribution in [0.2, 0.25) is 0 Å². The van der Waals surface area contributed by atoms with Gasteiger partial charge in [0, 0.05) is 30.9 Å². The van der Waals surface area contributed by atoms with Gasteiger partial charge >= 0.3 is 0 Å². The fourth-order valence-corrected chi connectivity index (χ4v) is 2.64. The average Bonchev–Trinajstić information content (AvgIpc) is 2.67. The van der Waals surface area contributed by atoms with Crippen molar-refractivity contribution in [2.75, 3.05) is 30.2 Å². The summed E-state index contributed by atoms with van der Waals surface area (Å²) >= 11 is 5.47. The third-order valence-corrected chi connectivity index (χ3v) is 4.25. The van der Waals surface area contributed by atoms with E-state index in [1.165, 1.54) is 0 Å². The molecule has 3 aromatic carbocycles. The van der Waals surface area contributed by atoms with Crippen molar-refractivity contribution in [3.63, 3.8) is 0 Å².